The minimum Gasteiger partial charge on any atom is -0.344 e. The van der Waals surface area contributed by atoms with Crippen LogP contribution in [0.2, 0.25) is 0 Å². The van der Waals surface area contributed by atoms with E-state index in [9.17, 15) is 0 Å². The van der Waals surface area contributed by atoms with E-state index in [1.165, 1.54) is 21.8 Å². The normalized spacial score (nSPS) is 15.3. The molecule has 0 bridgehead atoms. The van der Waals surface area contributed by atoms with Crippen LogP contribution >= 0.6 is 0 Å². The Balaban J connectivity index is 1.31. The number of nitrogens with zero attached hydrogens (tertiary/aromatic N) is 3. The third kappa shape index (κ3) is 3.80. The van der Waals surface area contributed by atoms with Crippen molar-refractivity contribution in [2.75, 3.05) is 0 Å². The second kappa shape index (κ2) is 8.92. The molecule has 1 atom stereocenters. The van der Waals surface area contributed by atoms with Gasteiger partial charge in [-0.15, -0.1) is 0 Å². The summed E-state index contributed by atoms with van der Waals surface area (Å²) >= 11 is 0. The van der Waals surface area contributed by atoms with Crippen molar-refractivity contribution >= 4 is 33.5 Å². The highest BCUT2D eigenvalue weighted by molar-refractivity contribution is 6.13. The largest absolute Gasteiger partial charge is 0.344 e. The SMILES string of the molecule is c1ccc(C2=NC(c3ccccc3)NC(c3ccc(-n4c5ccccc5c5ccccc54)cc3)=N2)cc1. The van der Waals surface area contributed by atoms with Crippen LogP contribution in [0.25, 0.3) is 27.5 Å². The van der Waals surface area contributed by atoms with Crippen molar-refractivity contribution < 1.29 is 0 Å². The molecule has 6 aromatic rings. The number of amidine groups is 2. The predicted molar refractivity (Wildman–Crippen MR) is 153 cm³/mol. The highest BCUT2D eigenvalue weighted by Gasteiger charge is 2.21. The van der Waals surface area contributed by atoms with Crippen LogP contribution < -0.4 is 5.32 Å². The van der Waals surface area contributed by atoms with Crippen LogP contribution in [0.4, 0.5) is 0 Å². The smallest absolute Gasteiger partial charge is 0.159 e. The fourth-order valence-electron chi connectivity index (χ4n) is 5.09. The first-order chi connectivity index (χ1) is 18.3. The molecular formula is C33H24N4. The quantitative estimate of drug-likeness (QED) is 0.285. The van der Waals surface area contributed by atoms with Crippen molar-refractivity contribution in [3.63, 3.8) is 0 Å². The molecule has 0 saturated carbocycles. The monoisotopic (exact) mass is 476 g/mol. The summed E-state index contributed by atoms with van der Waals surface area (Å²) in [5.74, 6) is 1.55. The van der Waals surface area contributed by atoms with Gasteiger partial charge >= 0.3 is 0 Å². The van der Waals surface area contributed by atoms with Crippen LogP contribution in [0.3, 0.4) is 0 Å². The molecule has 0 saturated heterocycles. The summed E-state index contributed by atoms with van der Waals surface area (Å²) in [7, 11) is 0. The maximum Gasteiger partial charge on any atom is 0.159 e. The summed E-state index contributed by atoms with van der Waals surface area (Å²) in [6.07, 6.45) is -0.207. The van der Waals surface area contributed by atoms with E-state index < -0.39 is 0 Å². The maximum atomic E-state index is 4.94. The van der Waals surface area contributed by atoms with Crippen molar-refractivity contribution in [3.8, 4) is 5.69 Å². The number of fused-ring (bicyclic) bond motifs is 3. The summed E-state index contributed by atoms with van der Waals surface area (Å²) in [5, 5.41) is 6.07. The molecule has 0 radical (unpaired) electrons. The number of hydrogen-bond acceptors (Lipinski definition) is 3. The van der Waals surface area contributed by atoms with E-state index in [0.29, 0.717) is 0 Å². The topological polar surface area (TPSA) is 41.7 Å². The van der Waals surface area contributed by atoms with Crippen LogP contribution in [-0.2, 0) is 0 Å². The molecule has 0 fully saturated rings. The number of benzene rings is 5. The lowest BCUT2D eigenvalue weighted by atomic mass is 10.1. The number of aliphatic imine (C=N–C) groups is 2. The van der Waals surface area contributed by atoms with Gasteiger partial charge in [0.05, 0.1) is 11.0 Å². The van der Waals surface area contributed by atoms with E-state index in [1.54, 1.807) is 0 Å². The molecule has 2 heterocycles. The van der Waals surface area contributed by atoms with Crippen LogP contribution in [0.1, 0.15) is 22.9 Å². The van der Waals surface area contributed by atoms with Crippen molar-refractivity contribution in [2.45, 2.75) is 6.17 Å². The third-order valence-corrected chi connectivity index (χ3v) is 6.87. The summed E-state index contributed by atoms with van der Waals surface area (Å²) in [6, 6.07) is 46.2. The van der Waals surface area contributed by atoms with Gasteiger partial charge in [-0.3, -0.25) is 0 Å². The number of nitrogens with one attached hydrogen (secondary N) is 1. The van der Waals surface area contributed by atoms with E-state index in [-0.39, 0.29) is 6.17 Å². The molecule has 0 amide bonds. The van der Waals surface area contributed by atoms with Gasteiger partial charge in [0.1, 0.15) is 12.0 Å². The average Bonchev–Trinajstić information content (AvgIpc) is 3.32. The molecule has 1 aliphatic rings. The highest BCUT2D eigenvalue weighted by Crippen LogP contribution is 2.32. The van der Waals surface area contributed by atoms with E-state index in [2.05, 4.69) is 107 Å². The van der Waals surface area contributed by atoms with E-state index in [4.69, 9.17) is 9.98 Å². The first-order valence-electron chi connectivity index (χ1n) is 12.5. The Morgan fingerprint density at radius 3 is 1.76 bits per heavy atom. The van der Waals surface area contributed by atoms with Crippen molar-refractivity contribution in [3.05, 3.63) is 150 Å². The Morgan fingerprint density at radius 2 is 1.11 bits per heavy atom. The summed E-state index contributed by atoms with van der Waals surface area (Å²) in [4.78, 5) is 9.88. The third-order valence-electron chi connectivity index (χ3n) is 6.87. The number of para-hydroxylation sites is 2. The Kier molecular flexibility index (Phi) is 5.14. The molecule has 1 N–H and O–H groups in total. The van der Waals surface area contributed by atoms with Gasteiger partial charge in [0.25, 0.3) is 0 Å². The van der Waals surface area contributed by atoms with E-state index in [0.717, 1.165) is 34.0 Å². The van der Waals surface area contributed by atoms with Gasteiger partial charge in [-0.05, 0) is 42.0 Å². The Morgan fingerprint density at radius 1 is 0.541 bits per heavy atom. The molecule has 4 heteroatoms. The van der Waals surface area contributed by atoms with Crippen molar-refractivity contribution in [1.82, 2.24) is 9.88 Å². The second-order valence-electron chi connectivity index (χ2n) is 9.15. The van der Waals surface area contributed by atoms with Gasteiger partial charge in [-0.25, -0.2) is 9.98 Å². The molecule has 1 unspecified atom stereocenters. The van der Waals surface area contributed by atoms with Crippen LogP contribution in [0, 0.1) is 0 Å². The molecule has 1 aliphatic heterocycles. The van der Waals surface area contributed by atoms with E-state index in [1.807, 2.05) is 36.4 Å². The molecule has 7 rings (SSSR count). The lowest BCUT2D eigenvalue weighted by Crippen LogP contribution is -2.33. The Bertz CT molecular complexity index is 1730. The van der Waals surface area contributed by atoms with Crippen molar-refractivity contribution in [2.24, 2.45) is 9.98 Å². The zero-order valence-electron chi connectivity index (χ0n) is 20.1. The maximum absolute atomic E-state index is 4.94. The summed E-state index contributed by atoms with van der Waals surface area (Å²) in [5.41, 5.74) is 6.65. The zero-order valence-corrected chi connectivity index (χ0v) is 20.1. The molecule has 1 aromatic heterocycles. The number of hydrogen-bond donors (Lipinski definition) is 1. The summed E-state index contributed by atoms with van der Waals surface area (Å²) in [6.45, 7) is 0. The van der Waals surface area contributed by atoms with Gasteiger partial charge in [0, 0.05) is 27.6 Å². The fourth-order valence-corrected chi connectivity index (χ4v) is 5.09. The molecule has 0 aliphatic carbocycles. The molecule has 4 nitrogen and oxygen atoms in total. The first-order valence-corrected chi connectivity index (χ1v) is 12.5. The van der Waals surface area contributed by atoms with Gasteiger partial charge in [-0.2, -0.15) is 0 Å². The standard InChI is InChI=1S/C33H24N4/c1-3-11-23(12-4-1)31-34-32(24-13-5-2-6-14-24)36-33(35-31)25-19-21-26(22-20-25)37-29-17-9-7-15-27(29)28-16-8-10-18-30(28)37/h1-22,31H,(H,34,35,36). The van der Waals surface area contributed by atoms with Gasteiger partial charge < -0.3 is 9.88 Å². The van der Waals surface area contributed by atoms with Gasteiger partial charge in [0.2, 0.25) is 0 Å². The fraction of sp³-hybridized carbons (Fsp3) is 0.0303. The molecule has 176 valence electrons. The molecule has 5 aromatic carbocycles. The minimum absolute atomic E-state index is 0.207. The van der Waals surface area contributed by atoms with Crippen molar-refractivity contribution in [1.29, 1.82) is 0 Å². The predicted octanol–water partition coefficient (Wildman–Crippen LogP) is 7.28. The lowest BCUT2D eigenvalue weighted by Gasteiger charge is -2.23. The van der Waals surface area contributed by atoms with E-state index >= 15 is 0 Å². The Labute approximate surface area is 215 Å². The Hall–Kier alpha value is -4.96. The summed E-state index contributed by atoms with van der Waals surface area (Å²) < 4.78 is 2.33. The minimum atomic E-state index is -0.207. The highest BCUT2D eigenvalue weighted by atomic mass is 15.2. The second-order valence-corrected chi connectivity index (χ2v) is 9.15. The number of rotatable bonds is 4. The van der Waals surface area contributed by atoms with Crippen LogP contribution in [0.15, 0.2) is 143 Å². The van der Waals surface area contributed by atoms with Crippen LogP contribution in [-0.4, -0.2) is 16.2 Å². The molecule has 37 heavy (non-hydrogen) atoms. The van der Waals surface area contributed by atoms with Gasteiger partial charge in [-0.1, -0.05) is 97.1 Å². The number of aromatic nitrogens is 1. The zero-order chi connectivity index (χ0) is 24.6. The lowest BCUT2D eigenvalue weighted by molar-refractivity contribution is 0.674. The van der Waals surface area contributed by atoms with Crippen LogP contribution in [0.5, 0.6) is 0 Å². The van der Waals surface area contributed by atoms with Gasteiger partial charge in [0.15, 0.2) is 5.84 Å². The first kappa shape index (κ1) is 21.3. The average molecular weight is 477 g/mol. The molecule has 0 spiro atoms. The molecular weight excluding hydrogens is 452 g/mol.